The molecule has 1 aliphatic rings. The largest absolute Gasteiger partial charge is 1.00 e. The Hall–Kier alpha value is -3.42. The summed E-state index contributed by atoms with van der Waals surface area (Å²) in [7, 11) is 0. The molecule has 0 aliphatic heterocycles. The Balaban J connectivity index is 0.000000302. The fraction of sp³-hybridized carbons (Fsp3) is 0.263. The zero-order chi connectivity index (χ0) is 43.0. The van der Waals surface area contributed by atoms with E-state index < -0.39 is 0 Å². The minimum absolute atomic E-state index is 0. The monoisotopic (exact) mass is 972 g/mol. The Kier molecular flexibility index (Phi) is 19.0. The van der Waals surface area contributed by atoms with Crippen LogP contribution in [0.5, 0.6) is 0 Å². The Morgan fingerprint density at radius 2 is 1.03 bits per heavy atom. The van der Waals surface area contributed by atoms with Gasteiger partial charge in [0.15, 0.2) is 0 Å². The molecule has 0 bridgehead atoms. The van der Waals surface area contributed by atoms with Crippen LogP contribution in [-0.4, -0.2) is 3.21 Å². The molecule has 0 aromatic heterocycles. The molecule has 5 heteroatoms. The van der Waals surface area contributed by atoms with E-state index in [-0.39, 0.29) is 35.6 Å². The minimum atomic E-state index is 0. The second-order valence-corrected chi connectivity index (χ2v) is 19.9. The maximum atomic E-state index is 5.86. The molecule has 7 aromatic rings. The Bertz CT molecular complexity index is 2340. The number of halogens is 4. The van der Waals surface area contributed by atoms with E-state index >= 15 is 0 Å². The molecule has 0 unspecified atom stereocenters. The molecule has 320 valence electrons. The van der Waals surface area contributed by atoms with Crippen LogP contribution < -0.4 is 24.8 Å². The van der Waals surface area contributed by atoms with E-state index in [0.29, 0.717) is 0 Å². The number of hydrogen-bond acceptors (Lipinski definition) is 0. The zero-order valence-corrected chi connectivity index (χ0v) is 42.9. The van der Waals surface area contributed by atoms with Crippen LogP contribution in [0, 0.1) is 6.07 Å². The molecule has 0 fully saturated rings. The van der Waals surface area contributed by atoms with Crippen molar-refractivity contribution in [3.8, 4) is 33.4 Å². The van der Waals surface area contributed by atoms with Crippen LogP contribution in [-0.2, 0) is 54.3 Å². The van der Waals surface area contributed by atoms with E-state index in [9.17, 15) is 0 Å². The van der Waals surface area contributed by atoms with Gasteiger partial charge in [-0.2, -0.15) is 18.2 Å². The summed E-state index contributed by atoms with van der Waals surface area (Å²) in [5.74, 6) is 0. The van der Waals surface area contributed by atoms with Crippen LogP contribution in [0.2, 0.25) is 10.0 Å². The molecule has 0 saturated heterocycles. The average molecular weight is 976 g/mol. The van der Waals surface area contributed by atoms with Gasteiger partial charge in [0.05, 0.1) is 0 Å². The first-order valence-corrected chi connectivity index (χ1v) is 23.4. The maximum Gasteiger partial charge on any atom is -0.172 e. The van der Waals surface area contributed by atoms with Gasteiger partial charge >= 0.3 is 120 Å². The molecule has 62 heavy (non-hydrogen) atoms. The van der Waals surface area contributed by atoms with Gasteiger partial charge in [-0.3, -0.25) is 0 Å². The predicted molar refractivity (Wildman–Crippen MR) is 258 cm³/mol. The van der Waals surface area contributed by atoms with Crippen molar-refractivity contribution in [2.45, 2.75) is 98.3 Å². The number of fused-ring (bicyclic) bond motifs is 3. The Morgan fingerprint density at radius 3 is 1.50 bits per heavy atom. The third-order valence-electron chi connectivity index (χ3n) is 11.1. The van der Waals surface area contributed by atoms with Crippen LogP contribution >= 0.6 is 23.2 Å². The summed E-state index contributed by atoms with van der Waals surface area (Å²) < 4.78 is 1.31. The molecule has 0 saturated carbocycles. The van der Waals surface area contributed by atoms with E-state index in [1.165, 1.54) is 105 Å². The molecule has 0 heterocycles. The minimum Gasteiger partial charge on any atom is -1.00 e. The molecule has 0 atom stereocenters. The first-order chi connectivity index (χ1) is 28.7. The Morgan fingerprint density at radius 1 is 0.565 bits per heavy atom. The van der Waals surface area contributed by atoms with E-state index in [1.807, 2.05) is 78.9 Å². The van der Waals surface area contributed by atoms with Gasteiger partial charge in [-0.05, 0) is 57.9 Å². The first kappa shape index (κ1) is 51.2. The van der Waals surface area contributed by atoms with Crippen LogP contribution in [0.15, 0.2) is 146 Å². The summed E-state index contributed by atoms with van der Waals surface area (Å²) in [6, 6.07) is 55.4. The molecule has 0 amide bonds. The van der Waals surface area contributed by atoms with Crippen molar-refractivity contribution in [1.82, 2.24) is 0 Å². The molecule has 8 rings (SSSR count). The van der Waals surface area contributed by atoms with Gasteiger partial charge in [-0.15, -0.1) is 28.8 Å². The van der Waals surface area contributed by atoms with Gasteiger partial charge < -0.3 is 24.8 Å². The number of rotatable bonds is 8. The van der Waals surface area contributed by atoms with E-state index in [4.69, 9.17) is 23.2 Å². The van der Waals surface area contributed by atoms with Crippen molar-refractivity contribution in [3.05, 3.63) is 206 Å². The molecule has 0 N–H and O–H groups in total. The van der Waals surface area contributed by atoms with Crippen molar-refractivity contribution >= 4 is 26.4 Å². The van der Waals surface area contributed by atoms with Gasteiger partial charge in [0.25, 0.3) is 0 Å². The number of hydrogen-bond donors (Lipinski definition) is 0. The SMILES string of the molecule is CCCc1ccccc1-c1[c-]c2c(cc1C(C)(C)C)-c1cc(C(C)(C)C)c(-c3ccccc3CCC)cc1C2.Clc1ccc([C](=[Zr+2])c2ccc(Cl)cc2)cc1.[Cl-].[Cl-].c1cc[cH-]c1. The summed E-state index contributed by atoms with van der Waals surface area (Å²) in [5.41, 5.74) is 19.2. The smallest absolute Gasteiger partial charge is 0.172 e. The van der Waals surface area contributed by atoms with E-state index in [1.54, 1.807) is 0 Å². The molecule has 1 aliphatic carbocycles. The van der Waals surface area contributed by atoms with E-state index in [2.05, 4.69) is 128 Å². The fourth-order valence-corrected chi connectivity index (χ4v) is 9.16. The normalized spacial score (nSPS) is 11.4. The van der Waals surface area contributed by atoms with Crippen LogP contribution in [0.4, 0.5) is 0 Å². The average Bonchev–Trinajstić information content (AvgIpc) is 3.93. The second kappa shape index (κ2) is 23.0. The van der Waals surface area contributed by atoms with Crippen molar-refractivity contribution in [2.75, 3.05) is 0 Å². The van der Waals surface area contributed by atoms with Gasteiger partial charge in [-0.25, -0.2) is 12.1 Å². The zero-order valence-electron chi connectivity index (χ0n) is 37.4. The number of aryl methyl sites for hydroxylation is 2. The van der Waals surface area contributed by atoms with Gasteiger partial charge in [0.1, 0.15) is 0 Å². The summed E-state index contributed by atoms with van der Waals surface area (Å²) in [5, 5.41) is 1.53. The summed E-state index contributed by atoms with van der Waals surface area (Å²) in [6.45, 7) is 18.7. The summed E-state index contributed by atoms with van der Waals surface area (Å²) >= 11 is 13.1. The third-order valence-corrected chi connectivity index (χ3v) is 13.1. The summed E-state index contributed by atoms with van der Waals surface area (Å²) in [6.07, 6.45) is 5.47. The van der Waals surface area contributed by atoms with Crippen molar-refractivity contribution in [3.63, 3.8) is 0 Å². The molecular weight excluding hydrogens is 918 g/mol. The molecule has 7 aromatic carbocycles. The quantitative estimate of drug-likeness (QED) is 0.133. The topological polar surface area (TPSA) is 0 Å². The molecule has 0 radical (unpaired) electrons. The summed E-state index contributed by atoms with van der Waals surface area (Å²) in [4.78, 5) is 0. The predicted octanol–water partition coefficient (Wildman–Crippen LogP) is 10.4. The van der Waals surface area contributed by atoms with Gasteiger partial charge in [-0.1, -0.05) is 151 Å². The number of benzene rings is 6. The van der Waals surface area contributed by atoms with Crippen LogP contribution in [0.3, 0.4) is 0 Å². The molecular formula is C57H58Cl4Zr-2. The van der Waals surface area contributed by atoms with Gasteiger partial charge in [0, 0.05) is 0 Å². The standard InChI is InChI=1S/C39H45.C13H8Cl2.C5H5.2ClH.Zr/c1-9-15-26-17-11-13-19-30(26)34-22-28-21-29-23-35(31-20-14-12-18-27(31)16-10-2)37(39(6,7)8)25-33(29)32(28)24-36(34)38(3,4)5;14-12-5-1-10(2-6-12)9-11-3-7-13(15)8-4-11;1-2-4-5-3-1;;;/h11-14,17-20,22,24-25H,9-10,15-16,21H2,1-8H3;1-8H;1-5H;2*1H;/q-1;;-1;;;+2/p-2. The molecule has 0 nitrogen and oxygen atoms in total. The third kappa shape index (κ3) is 12.6. The van der Waals surface area contributed by atoms with E-state index in [0.717, 1.165) is 42.1 Å². The van der Waals surface area contributed by atoms with Crippen LogP contribution in [0.25, 0.3) is 33.4 Å². The molecule has 0 spiro atoms. The van der Waals surface area contributed by atoms with Crippen LogP contribution in [0.1, 0.15) is 113 Å². The van der Waals surface area contributed by atoms with Crippen molar-refractivity contribution in [2.24, 2.45) is 0 Å². The van der Waals surface area contributed by atoms with Crippen molar-refractivity contribution in [1.29, 1.82) is 0 Å². The van der Waals surface area contributed by atoms with Crippen molar-refractivity contribution < 1.29 is 49.0 Å². The first-order valence-electron chi connectivity index (χ1n) is 21.4. The fourth-order valence-electron chi connectivity index (χ4n) is 8.09. The Labute approximate surface area is 410 Å². The maximum absolute atomic E-state index is 5.86. The van der Waals surface area contributed by atoms with Gasteiger partial charge in [0.2, 0.25) is 0 Å². The second-order valence-electron chi connectivity index (χ2n) is 17.8.